The molecule has 0 radical (unpaired) electrons. The monoisotopic (exact) mass is 307 g/mol. The van der Waals surface area contributed by atoms with Crippen molar-refractivity contribution in [3.8, 4) is 11.8 Å². The third-order valence-corrected chi connectivity index (χ3v) is 3.77. The molecule has 0 spiro atoms. The average Bonchev–Trinajstić information content (AvgIpc) is 2.93. The van der Waals surface area contributed by atoms with E-state index >= 15 is 0 Å². The number of carbonyl (C=O) groups excluding carboxylic acids is 2. The lowest BCUT2D eigenvalue weighted by molar-refractivity contribution is -0.121. The van der Waals surface area contributed by atoms with Gasteiger partial charge in [-0.2, -0.15) is 0 Å². The third-order valence-electron chi connectivity index (χ3n) is 2.85. The van der Waals surface area contributed by atoms with Gasteiger partial charge in [0.25, 0.3) is 5.91 Å². The van der Waals surface area contributed by atoms with Crippen LogP contribution in [0.1, 0.15) is 41.9 Å². The Kier molecular flexibility index (Phi) is 7.51. The molecule has 1 rings (SSSR count). The molecule has 5 nitrogen and oxygen atoms in total. The summed E-state index contributed by atoms with van der Waals surface area (Å²) in [6.07, 6.45) is 1.15. The zero-order valence-electron chi connectivity index (χ0n) is 12.4. The van der Waals surface area contributed by atoms with Gasteiger partial charge in [-0.3, -0.25) is 9.59 Å². The van der Waals surface area contributed by atoms with Crippen LogP contribution in [0.4, 0.5) is 0 Å². The second-order valence-corrected chi connectivity index (χ2v) is 5.47. The van der Waals surface area contributed by atoms with Crippen molar-refractivity contribution in [2.45, 2.75) is 32.7 Å². The van der Waals surface area contributed by atoms with E-state index in [9.17, 15) is 9.59 Å². The van der Waals surface area contributed by atoms with Gasteiger partial charge in [-0.15, -0.1) is 11.3 Å². The summed E-state index contributed by atoms with van der Waals surface area (Å²) in [6.45, 7) is 4.52. The number of hydrogen-bond acceptors (Lipinski definition) is 4. The highest BCUT2D eigenvalue weighted by Gasteiger charge is 2.12. The maximum absolute atomic E-state index is 12.0. The number of thiophene rings is 1. The van der Waals surface area contributed by atoms with Gasteiger partial charge in [0.2, 0.25) is 5.91 Å². The molecule has 0 saturated heterocycles. The van der Waals surface area contributed by atoms with E-state index in [0.29, 0.717) is 17.0 Å². The van der Waals surface area contributed by atoms with Crippen LogP contribution < -0.4 is 16.4 Å². The summed E-state index contributed by atoms with van der Waals surface area (Å²) < 4.78 is 0. The molecular formula is C15H21N3O2S. The van der Waals surface area contributed by atoms with Crippen LogP contribution in [0.2, 0.25) is 0 Å². The first-order valence-electron chi connectivity index (χ1n) is 6.92. The SMILES string of the molecule is CCC(C)NC(=O)CCNC(=O)c1sccc1C#CCN. The first-order valence-corrected chi connectivity index (χ1v) is 7.80. The van der Waals surface area contributed by atoms with E-state index < -0.39 is 0 Å². The smallest absolute Gasteiger partial charge is 0.262 e. The topological polar surface area (TPSA) is 84.2 Å². The Balaban J connectivity index is 2.44. The Labute approximate surface area is 129 Å². The third kappa shape index (κ3) is 5.98. The molecule has 21 heavy (non-hydrogen) atoms. The van der Waals surface area contributed by atoms with Crippen LogP contribution in [0.15, 0.2) is 11.4 Å². The molecule has 1 aromatic rings. The summed E-state index contributed by atoms with van der Waals surface area (Å²) in [5.41, 5.74) is 5.99. The number of rotatable bonds is 6. The molecule has 6 heteroatoms. The molecular weight excluding hydrogens is 286 g/mol. The second-order valence-electron chi connectivity index (χ2n) is 4.55. The fraction of sp³-hybridized carbons (Fsp3) is 0.467. The van der Waals surface area contributed by atoms with Gasteiger partial charge in [-0.05, 0) is 24.8 Å². The highest BCUT2D eigenvalue weighted by atomic mass is 32.1. The Morgan fingerprint density at radius 2 is 2.24 bits per heavy atom. The molecule has 1 atom stereocenters. The van der Waals surface area contributed by atoms with E-state index in [1.807, 2.05) is 19.2 Å². The van der Waals surface area contributed by atoms with Crippen molar-refractivity contribution in [1.29, 1.82) is 0 Å². The maximum atomic E-state index is 12.0. The quantitative estimate of drug-likeness (QED) is 0.688. The highest BCUT2D eigenvalue weighted by Crippen LogP contribution is 2.15. The van der Waals surface area contributed by atoms with Gasteiger partial charge in [-0.25, -0.2) is 0 Å². The molecule has 1 aromatic heterocycles. The summed E-state index contributed by atoms with van der Waals surface area (Å²) in [7, 11) is 0. The second kappa shape index (κ2) is 9.16. The predicted molar refractivity (Wildman–Crippen MR) is 85.1 cm³/mol. The van der Waals surface area contributed by atoms with E-state index in [4.69, 9.17) is 5.73 Å². The zero-order chi connectivity index (χ0) is 15.7. The molecule has 0 aliphatic carbocycles. The largest absolute Gasteiger partial charge is 0.354 e. The van der Waals surface area contributed by atoms with Gasteiger partial charge in [0, 0.05) is 24.6 Å². The summed E-state index contributed by atoms with van der Waals surface area (Å²) in [5, 5.41) is 7.40. The van der Waals surface area contributed by atoms with Crippen molar-refractivity contribution in [2.75, 3.05) is 13.1 Å². The van der Waals surface area contributed by atoms with Crippen LogP contribution >= 0.6 is 11.3 Å². The van der Waals surface area contributed by atoms with Gasteiger partial charge in [0.15, 0.2) is 0 Å². The van der Waals surface area contributed by atoms with Crippen LogP contribution in [0, 0.1) is 11.8 Å². The Morgan fingerprint density at radius 1 is 1.48 bits per heavy atom. The number of hydrogen-bond donors (Lipinski definition) is 3. The minimum absolute atomic E-state index is 0.0565. The predicted octanol–water partition coefficient (Wildman–Crippen LogP) is 1.09. The zero-order valence-corrected chi connectivity index (χ0v) is 13.2. The van der Waals surface area contributed by atoms with E-state index in [0.717, 1.165) is 6.42 Å². The molecule has 1 heterocycles. The highest BCUT2D eigenvalue weighted by molar-refractivity contribution is 7.12. The van der Waals surface area contributed by atoms with Crippen LogP contribution in [-0.2, 0) is 4.79 Å². The molecule has 0 bridgehead atoms. The van der Waals surface area contributed by atoms with Crippen molar-refractivity contribution in [2.24, 2.45) is 5.73 Å². The van der Waals surface area contributed by atoms with E-state index in [1.54, 1.807) is 6.07 Å². The van der Waals surface area contributed by atoms with E-state index in [1.165, 1.54) is 11.3 Å². The van der Waals surface area contributed by atoms with Gasteiger partial charge in [-0.1, -0.05) is 18.8 Å². The lowest BCUT2D eigenvalue weighted by Gasteiger charge is -2.11. The maximum Gasteiger partial charge on any atom is 0.262 e. The van der Waals surface area contributed by atoms with Crippen molar-refractivity contribution in [1.82, 2.24) is 10.6 Å². The van der Waals surface area contributed by atoms with Crippen LogP contribution in [0.25, 0.3) is 0 Å². The summed E-state index contributed by atoms with van der Waals surface area (Å²) in [4.78, 5) is 24.2. The fourth-order valence-electron chi connectivity index (χ4n) is 1.55. The van der Waals surface area contributed by atoms with Gasteiger partial charge >= 0.3 is 0 Å². The molecule has 2 amide bonds. The van der Waals surface area contributed by atoms with Gasteiger partial charge in [0.05, 0.1) is 6.54 Å². The van der Waals surface area contributed by atoms with Crippen LogP contribution in [0.3, 0.4) is 0 Å². The molecule has 4 N–H and O–H groups in total. The number of carbonyl (C=O) groups is 2. The molecule has 114 valence electrons. The lowest BCUT2D eigenvalue weighted by atomic mass is 10.2. The molecule has 0 fully saturated rings. The molecule has 1 unspecified atom stereocenters. The average molecular weight is 307 g/mol. The summed E-state index contributed by atoms with van der Waals surface area (Å²) in [5.74, 6) is 5.33. The van der Waals surface area contributed by atoms with Gasteiger partial charge < -0.3 is 16.4 Å². The number of nitrogens with one attached hydrogen (secondary N) is 2. The van der Waals surface area contributed by atoms with Crippen molar-refractivity contribution in [3.05, 3.63) is 21.9 Å². The van der Waals surface area contributed by atoms with Crippen LogP contribution in [-0.4, -0.2) is 30.9 Å². The standard InChI is InChI=1S/C15H21N3O2S/c1-3-11(2)18-13(19)6-9-17-15(20)14-12(5-4-8-16)7-10-21-14/h7,10-11H,3,6,8-9,16H2,1-2H3,(H,17,20)(H,18,19). The molecule has 0 saturated carbocycles. The first-order chi connectivity index (χ1) is 10.1. The Bertz CT molecular complexity index is 543. The van der Waals surface area contributed by atoms with Gasteiger partial charge in [0.1, 0.15) is 4.88 Å². The summed E-state index contributed by atoms with van der Waals surface area (Å²) >= 11 is 1.33. The molecule has 0 aliphatic rings. The first kappa shape index (κ1) is 17.2. The van der Waals surface area contributed by atoms with Crippen molar-refractivity contribution in [3.63, 3.8) is 0 Å². The number of amides is 2. The summed E-state index contributed by atoms with van der Waals surface area (Å²) in [6, 6.07) is 1.95. The number of nitrogens with two attached hydrogens (primary N) is 1. The minimum atomic E-state index is -0.206. The lowest BCUT2D eigenvalue weighted by Crippen LogP contribution is -2.35. The Hall–Kier alpha value is -1.84. The molecule has 0 aliphatic heterocycles. The Morgan fingerprint density at radius 3 is 2.90 bits per heavy atom. The minimum Gasteiger partial charge on any atom is -0.354 e. The fourth-order valence-corrected chi connectivity index (χ4v) is 2.31. The normalized spacial score (nSPS) is 11.2. The van der Waals surface area contributed by atoms with Crippen molar-refractivity contribution < 1.29 is 9.59 Å². The van der Waals surface area contributed by atoms with E-state index in [2.05, 4.69) is 22.5 Å². The van der Waals surface area contributed by atoms with Crippen molar-refractivity contribution >= 4 is 23.2 Å². The van der Waals surface area contributed by atoms with E-state index in [-0.39, 0.29) is 30.8 Å². The van der Waals surface area contributed by atoms with Crippen LogP contribution in [0.5, 0.6) is 0 Å². The molecule has 0 aromatic carbocycles.